The molecular weight excluding hydrogens is 193 g/mol. The van der Waals surface area contributed by atoms with Crippen molar-refractivity contribution >= 4 is 7.29 Å². The van der Waals surface area contributed by atoms with Gasteiger partial charge >= 0.3 is 0 Å². The smallest absolute Gasteiger partial charge is 0.148 e. The van der Waals surface area contributed by atoms with Crippen LogP contribution in [-0.4, -0.2) is 12.3 Å². The second-order valence-corrected chi connectivity index (χ2v) is 6.85. The van der Waals surface area contributed by atoms with Crippen LogP contribution in [0.1, 0.15) is 18.4 Å². The lowest BCUT2D eigenvalue weighted by Crippen LogP contribution is -2.11. The Morgan fingerprint density at radius 3 is 2.43 bits per heavy atom. The molecule has 1 saturated heterocycles. The predicted octanol–water partition coefficient (Wildman–Crippen LogP) is 2.85. The van der Waals surface area contributed by atoms with Gasteiger partial charge in [0.25, 0.3) is 0 Å². The van der Waals surface area contributed by atoms with Crippen LogP contribution < -0.4 is 5.09 Å². The number of hydrogen-bond acceptors (Lipinski definition) is 1. The molecule has 1 aliphatic heterocycles. The first-order chi connectivity index (χ1) is 6.79. The van der Waals surface area contributed by atoms with E-state index in [0.29, 0.717) is 0 Å². The molecule has 0 amide bonds. The molecule has 0 unspecified atom stereocenters. The first kappa shape index (κ1) is 9.95. The minimum atomic E-state index is -1.99. The van der Waals surface area contributed by atoms with Crippen LogP contribution in [-0.2, 0) is 11.1 Å². The number of nitrogens with one attached hydrogen (secondary N) is 1. The molecule has 14 heavy (non-hydrogen) atoms. The monoisotopic (exact) mass is 209 g/mol. The summed E-state index contributed by atoms with van der Waals surface area (Å²) in [7, 11) is -1.99. The van der Waals surface area contributed by atoms with E-state index in [1.807, 2.05) is 18.2 Å². The van der Waals surface area contributed by atoms with Crippen LogP contribution in [0.25, 0.3) is 0 Å². The molecule has 0 aromatic heterocycles. The quantitative estimate of drug-likeness (QED) is 0.775. The molecule has 76 valence electrons. The van der Waals surface area contributed by atoms with Crippen LogP contribution in [0.2, 0.25) is 0 Å². The molecule has 1 aromatic carbocycles. The summed E-state index contributed by atoms with van der Waals surface area (Å²) in [5.41, 5.74) is 1.22. The molecule has 2 nitrogen and oxygen atoms in total. The van der Waals surface area contributed by atoms with Crippen LogP contribution in [0.5, 0.6) is 0 Å². The van der Waals surface area contributed by atoms with Crippen molar-refractivity contribution in [3.05, 3.63) is 35.9 Å². The molecular formula is C11H16NOP. The number of benzene rings is 1. The fourth-order valence-corrected chi connectivity index (χ4v) is 4.31. The molecule has 0 bridgehead atoms. The summed E-state index contributed by atoms with van der Waals surface area (Å²) >= 11 is 0. The molecule has 3 heteroatoms. The minimum absolute atomic E-state index is 0.748. The van der Waals surface area contributed by atoms with E-state index in [2.05, 4.69) is 17.2 Å². The third kappa shape index (κ3) is 2.46. The Bertz CT molecular complexity index is 326. The Labute approximate surface area is 85.1 Å². The Balaban J connectivity index is 1.91. The molecule has 1 fully saturated rings. The van der Waals surface area contributed by atoms with Crippen LogP contribution in [0.4, 0.5) is 0 Å². The number of hydrogen-bond donors (Lipinski definition) is 1. The molecule has 0 spiro atoms. The van der Waals surface area contributed by atoms with Crippen molar-refractivity contribution in [2.75, 3.05) is 12.3 Å². The lowest BCUT2D eigenvalue weighted by atomic mass is 10.2. The standard InChI is InChI=1S/C11H16NOP/c13-14(8-4-5-9-14)12-10-11-6-2-1-3-7-11/h1-3,6-7H,4-5,8-10H2,(H,12,13). The summed E-state index contributed by atoms with van der Waals surface area (Å²) in [6.07, 6.45) is 4.03. The molecule has 1 aliphatic rings. The first-order valence-corrected chi connectivity index (χ1v) is 7.23. The zero-order chi connectivity index (χ0) is 9.86. The highest BCUT2D eigenvalue weighted by Gasteiger charge is 2.25. The number of rotatable bonds is 3. The molecule has 1 N–H and O–H groups in total. The van der Waals surface area contributed by atoms with E-state index >= 15 is 0 Å². The van der Waals surface area contributed by atoms with Gasteiger partial charge in [-0.25, -0.2) is 0 Å². The van der Waals surface area contributed by atoms with E-state index in [9.17, 15) is 4.57 Å². The zero-order valence-corrected chi connectivity index (χ0v) is 9.17. The Morgan fingerprint density at radius 2 is 1.79 bits per heavy atom. The molecule has 1 aromatic rings. The van der Waals surface area contributed by atoms with Gasteiger partial charge in [-0.15, -0.1) is 0 Å². The van der Waals surface area contributed by atoms with Gasteiger partial charge in [0, 0.05) is 18.9 Å². The fourth-order valence-electron chi connectivity index (χ4n) is 1.84. The van der Waals surface area contributed by atoms with E-state index in [1.54, 1.807) is 0 Å². The van der Waals surface area contributed by atoms with Crippen LogP contribution in [0.15, 0.2) is 30.3 Å². The normalized spacial score (nSPS) is 19.7. The van der Waals surface area contributed by atoms with E-state index in [0.717, 1.165) is 31.7 Å². The van der Waals surface area contributed by atoms with Gasteiger partial charge < -0.3 is 4.57 Å². The van der Waals surface area contributed by atoms with Crippen molar-refractivity contribution < 1.29 is 4.57 Å². The lowest BCUT2D eigenvalue weighted by molar-refractivity contribution is 0.568. The molecule has 0 atom stereocenters. The highest BCUT2D eigenvalue weighted by atomic mass is 31.2. The third-order valence-electron chi connectivity index (χ3n) is 2.70. The second kappa shape index (κ2) is 4.29. The van der Waals surface area contributed by atoms with Crippen molar-refractivity contribution in [2.24, 2.45) is 0 Å². The second-order valence-electron chi connectivity index (χ2n) is 3.86. The predicted molar refractivity (Wildman–Crippen MR) is 59.9 cm³/mol. The fraction of sp³-hybridized carbons (Fsp3) is 0.455. The average Bonchev–Trinajstić information content (AvgIpc) is 2.65. The minimum Gasteiger partial charge on any atom is -0.307 e. The average molecular weight is 209 g/mol. The van der Waals surface area contributed by atoms with Crippen LogP contribution >= 0.6 is 7.29 Å². The largest absolute Gasteiger partial charge is 0.307 e. The van der Waals surface area contributed by atoms with Gasteiger partial charge in [-0.3, -0.25) is 5.09 Å². The summed E-state index contributed by atoms with van der Waals surface area (Å²) in [5, 5.41) is 3.23. The van der Waals surface area contributed by atoms with Gasteiger partial charge in [-0.2, -0.15) is 0 Å². The summed E-state index contributed by atoms with van der Waals surface area (Å²) in [6, 6.07) is 10.2. The Morgan fingerprint density at radius 1 is 1.14 bits per heavy atom. The van der Waals surface area contributed by atoms with Crippen molar-refractivity contribution in [3.63, 3.8) is 0 Å². The third-order valence-corrected chi connectivity index (χ3v) is 5.51. The SMILES string of the molecule is O=P1(NCc2ccccc2)CCCC1. The zero-order valence-electron chi connectivity index (χ0n) is 8.28. The first-order valence-electron chi connectivity index (χ1n) is 5.16. The summed E-state index contributed by atoms with van der Waals surface area (Å²) in [4.78, 5) is 0. The van der Waals surface area contributed by atoms with Gasteiger partial charge in [0.2, 0.25) is 0 Å². The maximum Gasteiger partial charge on any atom is 0.148 e. The lowest BCUT2D eigenvalue weighted by Gasteiger charge is -2.12. The Hall–Kier alpha value is -0.590. The highest BCUT2D eigenvalue weighted by Crippen LogP contribution is 2.48. The van der Waals surface area contributed by atoms with Crippen molar-refractivity contribution in [3.8, 4) is 0 Å². The van der Waals surface area contributed by atoms with Gasteiger partial charge in [-0.1, -0.05) is 30.3 Å². The van der Waals surface area contributed by atoms with E-state index in [-0.39, 0.29) is 0 Å². The summed E-state index contributed by atoms with van der Waals surface area (Å²) in [5.74, 6) is 0. The highest BCUT2D eigenvalue weighted by molar-refractivity contribution is 7.62. The molecule has 0 radical (unpaired) electrons. The van der Waals surface area contributed by atoms with E-state index < -0.39 is 7.29 Å². The van der Waals surface area contributed by atoms with E-state index in [4.69, 9.17) is 0 Å². The van der Waals surface area contributed by atoms with Gasteiger partial charge in [0.15, 0.2) is 0 Å². The van der Waals surface area contributed by atoms with E-state index in [1.165, 1.54) is 5.56 Å². The maximum atomic E-state index is 12.1. The molecule has 1 heterocycles. The molecule has 0 saturated carbocycles. The summed E-state index contributed by atoms with van der Waals surface area (Å²) < 4.78 is 12.1. The maximum absolute atomic E-state index is 12.1. The molecule has 2 rings (SSSR count). The molecule has 0 aliphatic carbocycles. The van der Waals surface area contributed by atoms with Crippen LogP contribution in [0.3, 0.4) is 0 Å². The Kier molecular flexibility index (Phi) is 3.05. The van der Waals surface area contributed by atoms with Gasteiger partial charge in [0.1, 0.15) is 7.29 Å². The topological polar surface area (TPSA) is 29.1 Å². The van der Waals surface area contributed by atoms with Crippen molar-refractivity contribution in [1.82, 2.24) is 5.09 Å². The summed E-state index contributed by atoms with van der Waals surface area (Å²) in [6.45, 7) is 0.748. The van der Waals surface area contributed by atoms with Crippen molar-refractivity contribution in [1.29, 1.82) is 0 Å². The van der Waals surface area contributed by atoms with Gasteiger partial charge in [-0.05, 0) is 18.4 Å². The van der Waals surface area contributed by atoms with Gasteiger partial charge in [0.05, 0.1) is 0 Å². The van der Waals surface area contributed by atoms with Crippen molar-refractivity contribution in [2.45, 2.75) is 19.4 Å². The van der Waals surface area contributed by atoms with Crippen LogP contribution in [0, 0.1) is 0 Å².